The lowest BCUT2D eigenvalue weighted by Gasteiger charge is -2.18. The van der Waals surface area contributed by atoms with Gasteiger partial charge in [-0.05, 0) is 43.0 Å². The van der Waals surface area contributed by atoms with Gasteiger partial charge in [-0.2, -0.15) is 0 Å². The molecule has 6 heteroatoms. The highest BCUT2D eigenvalue weighted by molar-refractivity contribution is 7.11. The molecule has 1 amide bonds. The number of aliphatic imine (C=N–C) groups is 1. The fourth-order valence-electron chi connectivity index (χ4n) is 3.33. The SMILES string of the molecule is CCNC(=NCc1ccccc1CN1CCCC1=O)NCc1ccc(CC)s1. The first-order chi connectivity index (χ1) is 13.7. The molecule has 1 aliphatic rings. The molecule has 2 heterocycles. The lowest BCUT2D eigenvalue weighted by molar-refractivity contribution is -0.128. The number of carbonyl (C=O) groups is 1. The number of nitrogens with zero attached hydrogens (tertiary/aromatic N) is 2. The van der Waals surface area contributed by atoms with Crippen molar-refractivity contribution in [2.24, 2.45) is 4.99 Å². The predicted molar refractivity (Wildman–Crippen MR) is 116 cm³/mol. The van der Waals surface area contributed by atoms with Crippen molar-refractivity contribution in [1.29, 1.82) is 0 Å². The number of rotatable bonds is 8. The summed E-state index contributed by atoms with van der Waals surface area (Å²) in [7, 11) is 0. The minimum absolute atomic E-state index is 0.260. The van der Waals surface area contributed by atoms with Gasteiger partial charge in [0.05, 0.1) is 13.1 Å². The summed E-state index contributed by atoms with van der Waals surface area (Å²) < 4.78 is 0. The Hall–Kier alpha value is -2.34. The average molecular weight is 399 g/mol. The van der Waals surface area contributed by atoms with E-state index in [1.807, 2.05) is 28.4 Å². The third kappa shape index (κ3) is 5.58. The van der Waals surface area contributed by atoms with E-state index in [1.165, 1.54) is 20.9 Å². The molecule has 1 aromatic heterocycles. The van der Waals surface area contributed by atoms with E-state index >= 15 is 0 Å². The Labute approximate surface area is 171 Å². The molecule has 28 heavy (non-hydrogen) atoms. The number of benzene rings is 1. The van der Waals surface area contributed by atoms with Crippen molar-refractivity contribution in [3.8, 4) is 0 Å². The molecule has 150 valence electrons. The lowest BCUT2D eigenvalue weighted by atomic mass is 10.1. The first-order valence-electron chi connectivity index (χ1n) is 10.1. The van der Waals surface area contributed by atoms with Crippen molar-refractivity contribution in [2.45, 2.75) is 52.7 Å². The van der Waals surface area contributed by atoms with Crippen LogP contribution in [0.4, 0.5) is 0 Å². The molecular formula is C22H30N4OS. The summed E-state index contributed by atoms with van der Waals surface area (Å²) in [5, 5.41) is 6.75. The van der Waals surface area contributed by atoms with Crippen LogP contribution in [0.1, 0.15) is 47.6 Å². The van der Waals surface area contributed by atoms with Crippen molar-refractivity contribution >= 4 is 23.2 Å². The number of nitrogens with one attached hydrogen (secondary N) is 2. The fraction of sp³-hybridized carbons (Fsp3) is 0.455. The van der Waals surface area contributed by atoms with Crippen LogP contribution < -0.4 is 10.6 Å². The molecule has 0 atom stereocenters. The second-order valence-electron chi connectivity index (χ2n) is 6.96. The molecule has 0 spiro atoms. The van der Waals surface area contributed by atoms with Gasteiger partial charge in [-0.1, -0.05) is 31.2 Å². The molecule has 1 saturated heterocycles. The summed E-state index contributed by atoms with van der Waals surface area (Å²) in [5.41, 5.74) is 2.35. The van der Waals surface area contributed by atoms with Gasteiger partial charge in [0.2, 0.25) is 5.91 Å². The van der Waals surface area contributed by atoms with Gasteiger partial charge < -0.3 is 15.5 Å². The maximum Gasteiger partial charge on any atom is 0.222 e. The van der Waals surface area contributed by atoms with E-state index in [9.17, 15) is 4.79 Å². The van der Waals surface area contributed by atoms with E-state index in [4.69, 9.17) is 4.99 Å². The van der Waals surface area contributed by atoms with Crippen LogP contribution >= 0.6 is 11.3 Å². The van der Waals surface area contributed by atoms with Gasteiger partial charge in [0.15, 0.2) is 5.96 Å². The van der Waals surface area contributed by atoms with Crippen molar-refractivity contribution in [3.63, 3.8) is 0 Å². The van der Waals surface area contributed by atoms with Crippen LogP contribution in [0.5, 0.6) is 0 Å². The second-order valence-corrected chi connectivity index (χ2v) is 8.21. The number of carbonyl (C=O) groups excluding carboxylic acids is 1. The van der Waals surface area contributed by atoms with Crippen LogP contribution in [-0.4, -0.2) is 29.9 Å². The van der Waals surface area contributed by atoms with Crippen LogP contribution in [-0.2, 0) is 30.8 Å². The zero-order chi connectivity index (χ0) is 19.8. The number of aryl methyl sites for hydroxylation is 1. The molecule has 2 N–H and O–H groups in total. The highest BCUT2D eigenvalue weighted by atomic mass is 32.1. The summed E-state index contributed by atoms with van der Waals surface area (Å²) in [6.45, 7) is 8.00. The first kappa shape index (κ1) is 20.4. The van der Waals surface area contributed by atoms with Crippen LogP contribution in [0.25, 0.3) is 0 Å². The standard InChI is InChI=1S/C22H30N4OS/c1-3-19-11-12-20(28-19)15-25-22(23-4-2)24-14-17-8-5-6-9-18(17)16-26-13-7-10-21(26)27/h5-6,8-9,11-12H,3-4,7,10,13-16H2,1-2H3,(H2,23,24,25). The van der Waals surface area contributed by atoms with Gasteiger partial charge in [0.25, 0.3) is 0 Å². The Bertz CT molecular complexity index is 814. The minimum atomic E-state index is 0.260. The van der Waals surface area contributed by atoms with Gasteiger partial charge in [-0.25, -0.2) is 4.99 Å². The molecule has 1 aliphatic heterocycles. The Kier molecular flexibility index (Phi) is 7.48. The number of hydrogen-bond donors (Lipinski definition) is 2. The van der Waals surface area contributed by atoms with Crippen LogP contribution in [0.2, 0.25) is 0 Å². The Morgan fingerprint density at radius 3 is 2.57 bits per heavy atom. The molecular weight excluding hydrogens is 368 g/mol. The highest BCUT2D eigenvalue weighted by Crippen LogP contribution is 2.18. The van der Waals surface area contributed by atoms with E-state index in [0.29, 0.717) is 19.5 Å². The molecule has 3 rings (SSSR count). The summed E-state index contributed by atoms with van der Waals surface area (Å²) >= 11 is 1.85. The van der Waals surface area contributed by atoms with Gasteiger partial charge >= 0.3 is 0 Å². The zero-order valence-electron chi connectivity index (χ0n) is 16.8. The summed E-state index contributed by atoms with van der Waals surface area (Å²) in [6.07, 6.45) is 2.72. The maximum absolute atomic E-state index is 12.0. The maximum atomic E-state index is 12.0. The molecule has 0 radical (unpaired) electrons. The smallest absolute Gasteiger partial charge is 0.222 e. The van der Waals surface area contributed by atoms with Gasteiger partial charge in [-0.3, -0.25) is 4.79 Å². The lowest BCUT2D eigenvalue weighted by Crippen LogP contribution is -2.36. The molecule has 5 nitrogen and oxygen atoms in total. The van der Waals surface area contributed by atoms with Crippen LogP contribution in [0.3, 0.4) is 0 Å². The van der Waals surface area contributed by atoms with Gasteiger partial charge in [-0.15, -0.1) is 11.3 Å². The van der Waals surface area contributed by atoms with Gasteiger partial charge in [0.1, 0.15) is 0 Å². The van der Waals surface area contributed by atoms with E-state index < -0.39 is 0 Å². The minimum Gasteiger partial charge on any atom is -0.357 e. The molecule has 1 fully saturated rings. The number of hydrogen-bond acceptors (Lipinski definition) is 3. The van der Waals surface area contributed by atoms with Crippen molar-refractivity contribution in [3.05, 3.63) is 57.3 Å². The van der Waals surface area contributed by atoms with Crippen molar-refractivity contribution in [2.75, 3.05) is 13.1 Å². The average Bonchev–Trinajstić information content (AvgIpc) is 3.34. The van der Waals surface area contributed by atoms with E-state index in [2.05, 4.69) is 48.7 Å². The molecule has 0 saturated carbocycles. The third-order valence-corrected chi connectivity index (χ3v) is 6.13. The summed E-state index contributed by atoms with van der Waals surface area (Å²) in [4.78, 5) is 21.4. The van der Waals surface area contributed by atoms with Crippen LogP contribution in [0.15, 0.2) is 41.4 Å². The second kappa shape index (κ2) is 10.3. The highest BCUT2D eigenvalue weighted by Gasteiger charge is 2.20. The molecule has 0 aliphatic carbocycles. The quantitative estimate of drug-likeness (QED) is 0.527. The van der Waals surface area contributed by atoms with E-state index in [1.54, 1.807) is 0 Å². The number of guanidine groups is 1. The van der Waals surface area contributed by atoms with E-state index in [0.717, 1.165) is 38.4 Å². The van der Waals surface area contributed by atoms with Crippen molar-refractivity contribution in [1.82, 2.24) is 15.5 Å². The summed E-state index contributed by atoms with van der Waals surface area (Å²) in [5.74, 6) is 1.08. The zero-order valence-corrected chi connectivity index (χ0v) is 17.6. The number of likely N-dealkylation sites (tertiary alicyclic amines) is 1. The third-order valence-electron chi connectivity index (χ3n) is 4.90. The number of thiophene rings is 1. The van der Waals surface area contributed by atoms with Crippen molar-refractivity contribution < 1.29 is 4.79 Å². The Morgan fingerprint density at radius 1 is 1.11 bits per heavy atom. The Morgan fingerprint density at radius 2 is 1.89 bits per heavy atom. The molecule has 2 aromatic rings. The monoisotopic (exact) mass is 398 g/mol. The van der Waals surface area contributed by atoms with E-state index in [-0.39, 0.29) is 5.91 Å². The van der Waals surface area contributed by atoms with Crippen LogP contribution in [0, 0.1) is 0 Å². The summed E-state index contributed by atoms with van der Waals surface area (Å²) in [6, 6.07) is 12.7. The first-order valence-corrected chi connectivity index (χ1v) is 11.0. The number of amides is 1. The fourth-order valence-corrected chi connectivity index (χ4v) is 4.22. The molecule has 0 bridgehead atoms. The van der Waals surface area contributed by atoms with Gasteiger partial charge in [0, 0.05) is 35.8 Å². The predicted octanol–water partition coefficient (Wildman–Crippen LogP) is 3.69. The Balaban J connectivity index is 1.64. The largest absolute Gasteiger partial charge is 0.357 e. The molecule has 0 unspecified atom stereocenters. The normalized spacial score (nSPS) is 14.6. The topological polar surface area (TPSA) is 56.7 Å². The molecule has 1 aromatic carbocycles.